The van der Waals surface area contributed by atoms with Gasteiger partial charge in [0.2, 0.25) is 10.0 Å². The molecule has 2 aromatic carbocycles. The van der Waals surface area contributed by atoms with Gasteiger partial charge in [0.25, 0.3) is 0 Å². The first-order valence-electron chi connectivity index (χ1n) is 9.73. The predicted molar refractivity (Wildman–Crippen MR) is 112 cm³/mol. The number of hydrogen-bond acceptors (Lipinski definition) is 5. The highest BCUT2D eigenvalue weighted by atomic mass is 32.2. The van der Waals surface area contributed by atoms with E-state index in [2.05, 4.69) is 5.16 Å². The number of nitrogens with two attached hydrogens (primary N) is 1. The summed E-state index contributed by atoms with van der Waals surface area (Å²) in [5.41, 5.74) is 0.917. The topological polar surface area (TPSA) is 127 Å². The van der Waals surface area contributed by atoms with Crippen LogP contribution >= 0.6 is 0 Å². The van der Waals surface area contributed by atoms with Gasteiger partial charge < -0.3 is 9.63 Å². The van der Waals surface area contributed by atoms with Crippen LogP contribution in [0, 0.1) is 0 Å². The van der Waals surface area contributed by atoms with E-state index in [0.717, 1.165) is 30.3 Å². The molecule has 1 atom stereocenters. The summed E-state index contributed by atoms with van der Waals surface area (Å²) in [4.78, 5) is 13.3. The molecule has 30 heavy (non-hydrogen) atoms. The third-order valence-corrected chi connectivity index (χ3v) is 6.37. The Morgan fingerprint density at radius 3 is 2.43 bits per heavy atom. The molecular formula is C21H25N3O5S. The van der Waals surface area contributed by atoms with Crippen molar-refractivity contribution in [3.63, 3.8) is 0 Å². The van der Waals surface area contributed by atoms with Crippen LogP contribution in [-0.4, -0.2) is 36.2 Å². The van der Waals surface area contributed by atoms with Gasteiger partial charge in [0, 0.05) is 11.9 Å². The summed E-state index contributed by atoms with van der Waals surface area (Å²) < 4.78 is 26.6. The zero-order chi connectivity index (χ0) is 21.8. The zero-order valence-electron chi connectivity index (χ0n) is 16.7. The molecule has 1 aliphatic rings. The Morgan fingerprint density at radius 1 is 1.17 bits per heavy atom. The summed E-state index contributed by atoms with van der Waals surface area (Å²) in [5.74, 6) is 0. The molecule has 1 aromatic heterocycles. The third-order valence-electron chi connectivity index (χ3n) is 5.44. The van der Waals surface area contributed by atoms with E-state index in [0.29, 0.717) is 18.5 Å². The maximum Gasteiger partial charge on any atom is 0.408 e. The van der Waals surface area contributed by atoms with Crippen molar-refractivity contribution in [2.45, 2.75) is 43.0 Å². The lowest BCUT2D eigenvalue weighted by atomic mass is 9.80. The minimum atomic E-state index is -3.50. The fraction of sp³-hybridized carbons (Fsp3) is 0.333. The largest absolute Gasteiger partial charge is 0.465 e. The summed E-state index contributed by atoms with van der Waals surface area (Å²) in [6.07, 6.45) is 2.55. The highest BCUT2D eigenvalue weighted by Gasteiger charge is 2.45. The average Bonchev–Trinajstić information content (AvgIpc) is 3.19. The normalized spacial score (nSPS) is 19.2. The van der Waals surface area contributed by atoms with Crippen molar-refractivity contribution < 1.29 is 22.8 Å². The van der Waals surface area contributed by atoms with Crippen molar-refractivity contribution in [3.8, 4) is 0 Å². The number of para-hydroxylation sites is 1. The molecule has 0 saturated carbocycles. The van der Waals surface area contributed by atoms with Gasteiger partial charge in [-0.3, -0.25) is 4.90 Å². The quantitative estimate of drug-likeness (QED) is 0.647. The fourth-order valence-corrected chi connectivity index (χ4v) is 4.46. The second-order valence-corrected chi connectivity index (χ2v) is 8.72. The van der Waals surface area contributed by atoms with Gasteiger partial charge in [0.05, 0.1) is 10.4 Å². The van der Waals surface area contributed by atoms with Crippen molar-refractivity contribution in [2.24, 2.45) is 5.14 Å². The van der Waals surface area contributed by atoms with Gasteiger partial charge >= 0.3 is 6.09 Å². The minimum Gasteiger partial charge on any atom is -0.465 e. The highest BCUT2D eigenvalue weighted by Crippen LogP contribution is 2.42. The molecular weight excluding hydrogens is 406 g/mol. The maximum atomic E-state index is 11.6. The Hall–Kier alpha value is -2.91. The number of carboxylic acid groups (broad SMARTS) is 1. The minimum absolute atomic E-state index is 0.148. The molecule has 2 heterocycles. The third kappa shape index (κ3) is 4.31. The summed E-state index contributed by atoms with van der Waals surface area (Å²) >= 11 is 0. The molecule has 1 saturated heterocycles. The standard InChI is InChI=1S/C15H18N2O3.C6H7NO2S/c1-2-15(9-5-6-10-17(15)14(18)19)13-11-7-3-4-8-12(11)20-16-13;7-10(8,9)6-4-2-1-3-5-6/h3-4,7-8H,2,5-6,9-10H2,1H3,(H,18,19);1-5H,(H2,7,8,9). The lowest BCUT2D eigenvalue weighted by Crippen LogP contribution is -2.51. The van der Waals surface area contributed by atoms with Gasteiger partial charge in [0.15, 0.2) is 5.58 Å². The zero-order valence-corrected chi connectivity index (χ0v) is 17.5. The summed E-state index contributed by atoms with van der Waals surface area (Å²) in [6.45, 7) is 2.58. The van der Waals surface area contributed by atoms with E-state index in [9.17, 15) is 18.3 Å². The van der Waals surface area contributed by atoms with Gasteiger partial charge in [-0.2, -0.15) is 0 Å². The van der Waals surface area contributed by atoms with Gasteiger partial charge in [-0.25, -0.2) is 18.4 Å². The molecule has 3 N–H and O–H groups in total. The molecule has 1 fully saturated rings. The van der Waals surface area contributed by atoms with Crippen molar-refractivity contribution >= 4 is 27.1 Å². The Labute approximate surface area is 175 Å². The molecule has 4 rings (SSSR count). The highest BCUT2D eigenvalue weighted by molar-refractivity contribution is 7.89. The van der Waals surface area contributed by atoms with Crippen LogP contribution in [-0.2, 0) is 15.6 Å². The Balaban J connectivity index is 0.000000216. The molecule has 0 spiro atoms. The number of nitrogens with zero attached hydrogens (tertiary/aromatic N) is 2. The molecule has 0 radical (unpaired) electrons. The van der Waals surface area contributed by atoms with Crippen molar-refractivity contribution in [1.82, 2.24) is 10.1 Å². The summed E-state index contributed by atoms with van der Waals surface area (Å²) in [5, 5.41) is 19.5. The summed E-state index contributed by atoms with van der Waals surface area (Å²) in [6, 6.07) is 15.5. The smallest absolute Gasteiger partial charge is 0.408 e. The van der Waals surface area contributed by atoms with E-state index in [1.807, 2.05) is 31.2 Å². The Kier molecular flexibility index (Phi) is 6.42. The first-order valence-corrected chi connectivity index (χ1v) is 11.3. The molecule has 1 unspecified atom stereocenters. The van der Waals surface area contributed by atoms with Gasteiger partial charge in [0.1, 0.15) is 5.69 Å². The molecule has 1 amide bonds. The number of likely N-dealkylation sites (tertiary alicyclic amines) is 1. The number of benzene rings is 2. The second-order valence-electron chi connectivity index (χ2n) is 7.16. The molecule has 0 aliphatic carbocycles. The van der Waals surface area contributed by atoms with Crippen LogP contribution in [0.25, 0.3) is 11.0 Å². The van der Waals surface area contributed by atoms with Crippen LogP contribution in [0.3, 0.4) is 0 Å². The summed E-state index contributed by atoms with van der Waals surface area (Å²) in [7, 11) is -3.50. The Morgan fingerprint density at radius 2 is 1.83 bits per heavy atom. The van der Waals surface area contributed by atoms with Crippen LogP contribution in [0.1, 0.15) is 38.3 Å². The average molecular weight is 432 g/mol. The van der Waals surface area contributed by atoms with Gasteiger partial charge in [-0.05, 0) is 49.9 Å². The number of rotatable bonds is 3. The van der Waals surface area contributed by atoms with Crippen molar-refractivity contribution in [2.75, 3.05) is 6.54 Å². The first-order chi connectivity index (χ1) is 14.3. The van der Waals surface area contributed by atoms with Crippen molar-refractivity contribution in [3.05, 3.63) is 60.3 Å². The van der Waals surface area contributed by atoms with Crippen LogP contribution < -0.4 is 5.14 Å². The SMILES string of the molecule is CCC1(c2noc3ccccc23)CCCCN1C(=O)O.NS(=O)(=O)c1ccccc1. The van der Waals surface area contributed by atoms with E-state index in [-0.39, 0.29) is 4.90 Å². The fourth-order valence-electron chi connectivity index (χ4n) is 3.93. The number of hydrogen-bond donors (Lipinski definition) is 2. The molecule has 1 aliphatic heterocycles. The van der Waals surface area contributed by atoms with E-state index in [1.54, 1.807) is 23.1 Å². The number of primary sulfonamides is 1. The van der Waals surface area contributed by atoms with E-state index < -0.39 is 21.7 Å². The van der Waals surface area contributed by atoms with Crippen molar-refractivity contribution in [1.29, 1.82) is 0 Å². The number of sulfonamides is 1. The van der Waals surface area contributed by atoms with Gasteiger partial charge in [-0.15, -0.1) is 0 Å². The Bertz CT molecular complexity index is 1110. The van der Waals surface area contributed by atoms with E-state index in [1.165, 1.54) is 12.1 Å². The van der Waals surface area contributed by atoms with E-state index >= 15 is 0 Å². The number of piperidine rings is 1. The van der Waals surface area contributed by atoms with Crippen LogP contribution in [0.15, 0.2) is 64.0 Å². The van der Waals surface area contributed by atoms with Crippen LogP contribution in [0.2, 0.25) is 0 Å². The van der Waals surface area contributed by atoms with Crippen LogP contribution in [0.5, 0.6) is 0 Å². The number of fused-ring (bicyclic) bond motifs is 1. The molecule has 3 aromatic rings. The second kappa shape index (κ2) is 8.85. The van der Waals surface area contributed by atoms with Crippen LogP contribution in [0.4, 0.5) is 4.79 Å². The maximum absolute atomic E-state index is 11.6. The monoisotopic (exact) mass is 431 g/mol. The molecule has 0 bridgehead atoms. The molecule has 8 nitrogen and oxygen atoms in total. The molecule has 160 valence electrons. The lowest BCUT2D eigenvalue weighted by Gasteiger charge is -2.44. The number of amides is 1. The van der Waals surface area contributed by atoms with E-state index in [4.69, 9.17) is 9.66 Å². The number of aromatic nitrogens is 1. The first kappa shape index (κ1) is 21.8. The number of carbonyl (C=O) groups is 1. The predicted octanol–water partition coefficient (Wildman–Crippen LogP) is 3.93. The molecule has 9 heteroatoms. The van der Waals surface area contributed by atoms with Gasteiger partial charge in [-0.1, -0.05) is 42.4 Å². The lowest BCUT2D eigenvalue weighted by molar-refractivity contribution is 0.0379.